The molecule has 1 N–H and O–H groups in total. The van der Waals surface area contributed by atoms with Crippen LogP contribution in [0.5, 0.6) is 0 Å². The van der Waals surface area contributed by atoms with Crippen LogP contribution >= 0.6 is 0 Å². The molecule has 1 heterocycles. The summed E-state index contributed by atoms with van der Waals surface area (Å²) in [6, 6.07) is 10.7. The average Bonchev–Trinajstić information content (AvgIpc) is 2.55. The van der Waals surface area contributed by atoms with Crippen LogP contribution in [-0.2, 0) is 11.3 Å². The molecule has 1 unspecified atom stereocenters. The van der Waals surface area contributed by atoms with Crippen molar-refractivity contribution in [2.24, 2.45) is 5.92 Å². The van der Waals surface area contributed by atoms with Crippen molar-refractivity contribution in [2.45, 2.75) is 32.4 Å². The molecule has 0 radical (unpaired) electrons. The van der Waals surface area contributed by atoms with Crippen molar-refractivity contribution >= 4 is 0 Å². The summed E-state index contributed by atoms with van der Waals surface area (Å²) < 4.78 is 5.28. The third-order valence-electron chi connectivity index (χ3n) is 4.56. The summed E-state index contributed by atoms with van der Waals surface area (Å²) in [6.45, 7) is 8.19. The minimum absolute atomic E-state index is 0.354. The van der Waals surface area contributed by atoms with Gasteiger partial charge >= 0.3 is 0 Å². The van der Waals surface area contributed by atoms with Gasteiger partial charge in [-0.25, -0.2) is 0 Å². The van der Waals surface area contributed by atoms with E-state index in [1.807, 2.05) is 6.92 Å². The molecule has 2 rings (SSSR count). The second kappa shape index (κ2) is 10.0. The van der Waals surface area contributed by atoms with Crippen LogP contribution in [0, 0.1) is 5.92 Å². The highest BCUT2D eigenvalue weighted by Crippen LogP contribution is 2.19. The maximum atomic E-state index is 9.93. The first-order valence-corrected chi connectivity index (χ1v) is 8.88. The van der Waals surface area contributed by atoms with Gasteiger partial charge < -0.3 is 19.6 Å². The molecule has 1 fully saturated rings. The van der Waals surface area contributed by atoms with Crippen molar-refractivity contribution in [1.82, 2.24) is 9.80 Å². The monoisotopic (exact) mass is 320 g/mol. The Morgan fingerprint density at radius 1 is 1.26 bits per heavy atom. The lowest BCUT2D eigenvalue weighted by molar-refractivity contribution is 0.0135. The van der Waals surface area contributed by atoms with Crippen molar-refractivity contribution in [3.8, 4) is 0 Å². The molecule has 1 aliphatic heterocycles. The van der Waals surface area contributed by atoms with Crippen molar-refractivity contribution < 1.29 is 9.84 Å². The Balaban J connectivity index is 1.64. The maximum absolute atomic E-state index is 9.93. The Hall–Kier alpha value is -0.940. The van der Waals surface area contributed by atoms with Crippen molar-refractivity contribution in [2.75, 3.05) is 46.4 Å². The van der Waals surface area contributed by atoms with Crippen LogP contribution in [0.3, 0.4) is 0 Å². The van der Waals surface area contributed by atoms with Crippen molar-refractivity contribution in [1.29, 1.82) is 0 Å². The molecule has 1 aliphatic rings. The minimum Gasteiger partial charge on any atom is -0.389 e. The van der Waals surface area contributed by atoms with Crippen LogP contribution in [0.1, 0.15) is 25.3 Å². The molecule has 0 spiro atoms. The Bertz CT molecular complexity index is 419. The van der Waals surface area contributed by atoms with E-state index >= 15 is 0 Å². The first-order valence-electron chi connectivity index (χ1n) is 8.88. The van der Waals surface area contributed by atoms with Gasteiger partial charge in [-0.05, 0) is 51.4 Å². The zero-order valence-electron chi connectivity index (χ0n) is 14.7. The molecule has 4 heteroatoms. The molecule has 1 aromatic rings. The van der Waals surface area contributed by atoms with Gasteiger partial charge in [-0.2, -0.15) is 0 Å². The predicted octanol–water partition coefficient (Wildman–Crippen LogP) is 2.23. The van der Waals surface area contributed by atoms with E-state index in [0.717, 1.165) is 38.6 Å². The van der Waals surface area contributed by atoms with Crippen LogP contribution in [-0.4, -0.2) is 67.5 Å². The minimum atomic E-state index is -0.354. The summed E-state index contributed by atoms with van der Waals surface area (Å²) in [5.41, 5.74) is 1.38. The molecule has 23 heavy (non-hydrogen) atoms. The van der Waals surface area contributed by atoms with Crippen molar-refractivity contribution in [3.05, 3.63) is 35.9 Å². The highest BCUT2D eigenvalue weighted by atomic mass is 16.5. The lowest BCUT2D eigenvalue weighted by Gasteiger charge is -2.34. The van der Waals surface area contributed by atoms with E-state index in [0.29, 0.717) is 13.2 Å². The molecule has 130 valence electrons. The first-order chi connectivity index (χ1) is 11.2. The van der Waals surface area contributed by atoms with E-state index < -0.39 is 0 Å². The second-order valence-corrected chi connectivity index (χ2v) is 6.74. The summed E-state index contributed by atoms with van der Waals surface area (Å²) in [5, 5.41) is 9.93. The summed E-state index contributed by atoms with van der Waals surface area (Å²) in [7, 11) is 2.21. The van der Waals surface area contributed by atoms with E-state index in [1.165, 1.54) is 18.4 Å². The summed E-state index contributed by atoms with van der Waals surface area (Å²) in [5.74, 6) is 0.768. The van der Waals surface area contributed by atoms with Gasteiger partial charge in [-0.15, -0.1) is 0 Å². The van der Waals surface area contributed by atoms with Gasteiger partial charge in [0.1, 0.15) is 0 Å². The van der Waals surface area contributed by atoms with Crippen LogP contribution in [0.25, 0.3) is 0 Å². The third kappa shape index (κ3) is 7.00. The van der Waals surface area contributed by atoms with Crippen LogP contribution in [0.4, 0.5) is 0 Å². The normalized spacial score (nSPS) is 18.4. The van der Waals surface area contributed by atoms with Gasteiger partial charge in [-0.3, -0.25) is 0 Å². The van der Waals surface area contributed by atoms with Gasteiger partial charge in [0, 0.05) is 26.2 Å². The summed E-state index contributed by atoms with van der Waals surface area (Å²) in [6.07, 6.45) is 2.09. The third-order valence-corrected chi connectivity index (χ3v) is 4.56. The molecule has 0 saturated carbocycles. The average molecular weight is 320 g/mol. The van der Waals surface area contributed by atoms with Gasteiger partial charge in [0.15, 0.2) is 0 Å². The zero-order chi connectivity index (χ0) is 16.5. The number of piperidine rings is 1. The van der Waals surface area contributed by atoms with Crippen LogP contribution in [0.15, 0.2) is 30.3 Å². The fourth-order valence-electron chi connectivity index (χ4n) is 3.36. The maximum Gasteiger partial charge on any atom is 0.0900 e. The van der Waals surface area contributed by atoms with E-state index in [4.69, 9.17) is 4.74 Å². The molecule has 0 bridgehead atoms. The van der Waals surface area contributed by atoms with Gasteiger partial charge in [-0.1, -0.05) is 30.3 Å². The molecular weight excluding hydrogens is 288 g/mol. The van der Waals surface area contributed by atoms with Crippen LogP contribution < -0.4 is 0 Å². The second-order valence-electron chi connectivity index (χ2n) is 6.74. The number of hydrogen-bond donors (Lipinski definition) is 1. The first kappa shape index (κ1) is 18.4. The Labute approximate surface area is 141 Å². The van der Waals surface area contributed by atoms with Gasteiger partial charge in [0.05, 0.1) is 12.7 Å². The number of aliphatic hydroxyl groups is 1. The fourth-order valence-corrected chi connectivity index (χ4v) is 3.36. The highest BCUT2D eigenvalue weighted by molar-refractivity contribution is 5.14. The summed E-state index contributed by atoms with van der Waals surface area (Å²) >= 11 is 0. The number of benzene rings is 1. The summed E-state index contributed by atoms with van der Waals surface area (Å²) in [4.78, 5) is 4.80. The quantitative estimate of drug-likeness (QED) is 0.757. The van der Waals surface area contributed by atoms with E-state index in [2.05, 4.69) is 47.2 Å². The van der Waals surface area contributed by atoms with E-state index in [9.17, 15) is 5.11 Å². The zero-order valence-corrected chi connectivity index (χ0v) is 14.7. The number of aliphatic hydroxyl groups excluding tert-OH is 1. The molecule has 1 atom stereocenters. The predicted molar refractivity (Wildman–Crippen MR) is 94.4 cm³/mol. The number of β-amino-alcohol motifs (C(OH)–C–C–N with tert-alkyl or cyclic N) is 1. The lowest BCUT2D eigenvalue weighted by Crippen LogP contribution is -2.42. The largest absolute Gasteiger partial charge is 0.389 e. The number of hydrogen-bond acceptors (Lipinski definition) is 4. The Kier molecular flexibility index (Phi) is 8.03. The van der Waals surface area contributed by atoms with E-state index in [1.54, 1.807) is 0 Å². The Morgan fingerprint density at radius 2 is 1.96 bits per heavy atom. The smallest absolute Gasteiger partial charge is 0.0900 e. The molecule has 1 saturated heterocycles. The number of rotatable bonds is 9. The van der Waals surface area contributed by atoms with Gasteiger partial charge in [0.25, 0.3) is 0 Å². The lowest BCUT2D eigenvalue weighted by atomic mass is 9.96. The van der Waals surface area contributed by atoms with Gasteiger partial charge in [0.2, 0.25) is 0 Å². The molecule has 0 aliphatic carbocycles. The highest BCUT2D eigenvalue weighted by Gasteiger charge is 2.22. The standard InChI is InChI=1S/C19H32N2O2/c1-3-23-16-19(22)15-21-11-9-18(10-12-21)14-20(2)13-17-7-5-4-6-8-17/h4-8,18-19,22H,3,9-16H2,1-2H3. The topological polar surface area (TPSA) is 35.9 Å². The number of likely N-dealkylation sites (tertiary alicyclic amines) is 1. The SMILES string of the molecule is CCOCC(O)CN1CCC(CN(C)Cc2ccccc2)CC1. The fraction of sp³-hybridized carbons (Fsp3) is 0.684. The van der Waals surface area contributed by atoms with Crippen LogP contribution in [0.2, 0.25) is 0 Å². The molecule has 4 nitrogen and oxygen atoms in total. The number of nitrogens with zero attached hydrogens (tertiary/aromatic N) is 2. The molecular formula is C19H32N2O2. The van der Waals surface area contributed by atoms with Crippen molar-refractivity contribution in [3.63, 3.8) is 0 Å². The van der Waals surface area contributed by atoms with E-state index in [-0.39, 0.29) is 6.10 Å². The molecule has 0 amide bonds. The molecule has 1 aromatic carbocycles. The molecule has 0 aromatic heterocycles. The Morgan fingerprint density at radius 3 is 2.61 bits per heavy atom. The number of ether oxygens (including phenoxy) is 1.